The second kappa shape index (κ2) is 10.5. The van der Waals surface area contributed by atoms with Crippen LogP contribution in [-0.4, -0.2) is 45.2 Å². The Morgan fingerprint density at radius 1 is 0.842 bits per heavy atom. The molecule has 0 aliphatic carbocycles. The molecule has 0 aromatic heterocycles. The zero-order valence-electron chi connectivity index (χ0n) is 21.9. The summed E-state index contributed by atoms with van der Waals surface area (Å²) in [6.07, 6.45) is 0. The van der Waals surface area contributed by atoms with Crippen LogP contribution in [0.1, 0.15) is 28.3 Å². The number of amides is 1. The van der Waals surface area contributed by atoms with Crippen LogP contribution in [0.3, 0.4) is 0 Å². The average molecular weight is 522 g/mol. The van der Waals surface area contributed by atoms with E-state index in [4.69, 9.17) is 18.9 Å². The predicted molar refractivity (Wildman–Crippen MR) is 140 cm³/mol. The van der Waals surface area contributed by atoms with Gasteiger partial charge >= 0.3 is 0 Å². The predicted octanol–water partition coefficient (Wildman–Crippen LogP) is 5.10. The third-order valence-electron chi connectivity index (χ3n) is 6.43. The van der Waals surface area contributed by atoms with Gasteiger partial charge in [-0.15, -0.1) is 0 Å². The number of benzene rings is 3. The van der Waals surface area contributed by atoms with E-state index < -0.39 is 29.3 Å². The van der Waals surface area contributed by atoms with E-state index in [1.165, 1.54) is 57.6 Å². The zero-order chi connectivity index (χ0) is 27.7. The highest BCUT2D eigenvalue weighted by Gasteiger charge is 2.47. The molecular weight excluding hydrogens is 493 g/mol. The van der Waals surface area contributed by atoms with Crippen molar-refractivity contribution in [3.05, 3.63) is 82.2 Å². The van der Waals surface area contributed by atoms with E-state index in [0.29, 0.717) is 17.1 Å². The largest absolute Gasteiger partial charge is 0.507 e. The number of rotatable bonds is 7. The maximum atomic E-state index is 13.8. The van der Waals surface area contributed by atoms with Crippen molar-refractivity contribution in [2.75, 3.05) is 33.3 Å². The molecule has 1 N–H and O–H groups in total. The van der Waals surface area contributed by atoms with E-state index in [0.717, 1.165) is 11.1 Å². The molecule has 3 aromatic carbocycles. The molecule has 1 aliphatic heterocycles. The van der Waals surface area contributed by atoms with E-state index in [1.807, 2.05) is 19.9 Å². The molecule has 1 atom stereocenters. The summed E-state index contributed by atoms with van der Waals surface area (Å²) in [6, 6.07) is 10.8. The molecule has 1 saturated heterocycles. The number of carbonyl (C=O) groups is 2. The zero-order valence-corrected chi connectivity index (χ0v) is 21.9. The van der Waals surface area contributed by atoms with Gasteiger partial charge in [0, 0.05) is 5.69 Å². The minimum atomic E-state index is -1.11. The summed E-state index contributed by atoms with van der Waals surface area (Å²) in [5.41, 5.74) is 2.32. The van der Waals surface area contributed by atoms with Crippen molar-refractivity contribution < 1.29 is 38.0 Å². The molecule has 0 saturated carbocycles. The fourth-order valence-corrected chi connectivity index (χ4v) is 4.82. The summed E-state index contributed by atoms with van der Waals surface area (Å²) in [5, 5.41) is 11.6. The lowest BCUT2D eigenvalue weighted by Gasteiger charge is -2.27. The number of hydrogen-bond donors (Lipinski definition) is 1. The van der Waals surface area contributed by atoms with Crippen LogP contribution < -0.4 is 23.8 Å². The Morgan fingerprint density at radius 3 is 1.95 bits per heavy atom. The monoisotopic (exact) mass is 521 g/mol. The average Bonchev–Trinajstić information content (AvgIpc) is 3.17. The maximum absolute atomic E-state index is 13.8. The number of carbonyl (C=O) groups excluding carboxylic acids is 2. The molecule has 1 fully saturated rings. The molecule has 1 unspecified atom stereocenters. The highest BCUT2D eigenvalue weighted by Crippen LogP contribution is 2.48. The van der Waals surface area contributed by atoms with Gasteiger partial charge in [-0.05, 0) is 73.0 Å². The van der Waals surface area contributed by atoms with Gasteiger partial charge in [-0.3, -0.25) is 14.5 Å². The Hall–Kier alpha value is -4.53. The van der Waals surface area contributed by atoms with Crippen LogP contribution in [0.25, 0.3) is 5.76 Å². The lowest BCUT2D eigenvalue weighted by molar-refractivity contribution is -0.132. The Labute approximate surface area is 219 Å². The number of hydrogen-bond acceptors (Lipinski definition) is 7. The lowest BCUT2D eigenvalue weighted by Crippen LogP contribution is -2.29. The molecule has 0 spiro atoms. The van der Waals surface area contributed by atoms with Crippen molar-refractivity contribution in [1.82, 2.24) is 0 Å². The van der Waals surface area contributed by atoms with Crippen LogP contribution in [0, 0.1) is 19.7 Å². The van der Waals surface area contributed by atoms with Crippen molar-refractivity contribution in [3.8, 4) is 23.0 Å². The molecule has 9 heteroatoms. The van der Waals surface area contributed by atoms with Crippen LogP contribution >= 0.6 is 0 Å². The van der Waals surface area contributed by atoms with Gasteiger partial charge < -0.3 is 24.1 Å². The van der Waals surface area contributed by atoms with Crippen LogP contribution in [-0.2, 0) is 9.59 Å². The minimum absolute atomic E-state index is 0.170. The normalized spacial score (nSPS) is 16.5. The van der Waals surface area contributed by atoms with Crippen molar-refractivity contribution in [1.29, 1.82) is 0 Å². The number of aliphatic hydroxyl groups excluding tert-OH is 1. The highest BCUT2D eigenvalue weighted by molar-refractivity contribution is 6.51. The molecule has 1 heterocycles. The Morgan fingerprint density at radius 2 is 1.42 bits per heavy atom. The molecule has 0 bridgehead atoms. The SMILES string of the molecule is COc1cc(C2/C(=C(\O)c3cc(C)cc(C)c3OC)C(=O)C(=O)N2c2ccc(F)cc2)cc(OC)c1OC. The van der Waals surface area contributed by atoms with Crippen LogP contribution in [0.2, 0.25) is 0 Å². The van der Waals surface area contributed by atoms with E-state index in [-0.39, 0.29) is 28.3 Å². The molecule has 38 heavy (non-hydrogen) atoms. The van der Waals surface area contributed by atoms with Gasteiger partial charge in [-0.2, -0.15) is 0 Å². The highest BCUT2D eigenvalue weighted by atomic mass is 19.1. The Bertz CT molecular complexity index is 1420. The summed E-state index contributed by atoms with van der Waals surface area (Å²) in [4.78, 5) is 28.2. The van der Waals surface area contributed by atoms with Crippen LogP contribution in [0.15, 0.2) is 54.1 Å². The molecule has 3 aromatic rings. The van der Waals surface area contributed by atoms with Gasteiger partial charge in [0.05, 0.1) is 45.6 Å². The number of halogens is 1. The molecule has 8 nitrogen and oxygen atoms in total. The number of aliphatic hydroxyl groups is 1. The van der Waals surface area contributed by atoms with Gasteiger partial charge in [0.15, 0.2) is 11.5 Å². The van der Waals surface area contributed by atoms with Gasteiger partial charge in [-0.1, -0.05) is 6.07 Å². The number of methoxy groups -OCH3 is 4. The summed E-state index contributed by atoms with van der Waals surface area (Å²) >= 11 is 0. The second-order valence-corrected chi connectivity index (χ2v) is 8.77. The number of ether oxygens (including phenoxy) is 4. The molecule has 4 rings (SSSR count). The van der Waals surface area contributed by atoms with Crippen molar-refractivity contribution >= 4 is 23.1 Å². The smallest absolute Gasteiger partial charge is 0.300 e. The van der Waals surface area contributed by atoms with Crippen molar-refractivity contribution in [2.45, 2.75) is 19.9 Å². The molecule has 198 valence electrons. The summed E-state index contributed by atoms with van der Waals surface area (Å²) < 4.78 is 35.7. The van der Waals surface area contributed by atoms with Gasteiger partial charge in [-0.25, -0.2) is 4.39 Å². The van der Waals surface area contributed by atoms with Gasteiger partial charge in [0.2, 0.25) is 5.75 Å². The first-order valence-corrected chi connectivity index (χ1v) is 11.7. The van der Waals surface area contributed by atoms with E-state index in [2.05, 4.69) is 0 Å². The molecular formula is C29H28FNO7. The summed E-state index contributed by atoms with van der Waals surface area (Å²) in [6.45, 7) is 3.66. The third-order valence-corrected chi connectivity index (χ3v) is 6.43. The minimum Gasteiger partial charge on any atom is -0.507 e. The van der Waals surface area contributed by atoms with Gasteiger partial charge in [0.25, 0.3) is 11.7 Å². The Kier molecular flexibility index (Phi) is 7.30. The van der Waals surface area contributed by atoms with E-state index in [9.17, 15) is 19.1 Å². The van der Waals surface area contributed by atoms with Crippen LogP contribution in [0.4, 0.5) is 10.1 Å². The van der Waals surface area contributed by atoms with E-state index >= 15 is 0 Å². The summed E-state index contributed by atoms with van der Waals surface area (Å²) in [5.74, 6) is -1.46. The van der Waals surface area contributed by atoms with Crippen LogP contribution in [0.5, 0.6) is 23.0 Å². The van der Waals surface area contributed by atoms with Crippen molar-refractivity contribution in [2.24, 2.45) is 0 Å². The molecule has 1 aliphatic rings. The topological polar surface area (TPSA) is 94.5 Å². The number of anilines is 1. The lowest BCUT2D eigenvalue weighted by atomic mass is 9.93. The Balaban J connectivity index is 2.07. The number of nitrogens with zero attached hydrogens (tertiary/aromatic N) is 1. The first-order chi connectivity index (χ1) is 18.2. The third kappa shape index (κ3) is 4.40. The maximum Gasteiger partial charge on any atom is 0.300 e. The first-order valence-electron chi connectivity index (χ1n) is 11.7. The summed E-state index contributed by atoms with van der Waals surface area (Å²) in [7, 11) is 5.80. The fraction of sp³-hybridized carbons (Fsp3) is 0.241. The fourth-order valence-electron chi connectivity index (χ4n) is 4.82. The van der Waals surface area contributed by atoms with E-state index in [1.54, 1.807) is 18.2 Å². The quantitative estimate of drug-likeness (QED) is 0.263. The second-order valence-electron chi connectivity index (χ2n) is 8.77. The molecule has 0 radical (unpaired) electrons. The molecule has 1 amide bonds. The number of aryl methyl sites for hydroxylation is 2. The number of ketones is 1. The van der Waals surface area contributed by atoms with Gasteiger partial charge in [0.1, 0.15) is 17.3 Å². The standard InChI is InChI=1S/C29H28FNO7/c1-15-11-16(2)27(37-5)20(12-15)25(32)23-24(17-13-21(35-3)28(38-6)22(14-17)36-4)31(29(34)26(23)33)19-9-7-18(30)8-10-19/h7-14,24,32H,1-6H3/b25-23+. The first kappa shape index (κ1) is 26.5. The number of Topliss-reactive ketones (excluding diaryl/α,β-unsaturated/α-hetero) is 1. The van der Waals surface area contributed by atoms with Crippen molar-refractivity contribution in [3.63, 3.8) is 0 Å².